The first-order valence-electron chi connectivity index (χ1n) is 6.96. The number of methoxy groups -OCH3 is 3. The van der Waals surface area contributed by atoms with Crippen LogP contribution in [-0.2, 0) is 12.8 Å². The molecule has 1 aliphatic heterocycles. The van der Waals surface area contributed by atoms with Gasteiger partial charge in [-0.2, -0.15) is 0 Å². The second-order valence-electron chi connectivity index (χ2n) is 4.96. The van der Waals surface area contributed by atoms with Gasteiger partial charge in [0.2, 0.25) is 11.5 Å². The van der Waals surface area contributed by atoms with E-state index in [0.717, 1.165) is 24.0 Å². The van der Waals surface area contributed by atoms with Crippen LogP contribution in [0.25, 0.3) is 0 Å². The molecule has 0 saturated heterocycles. The smallest absolute Gasteiger partial charge is 0.208 e. The standard InChI is InChI=1S/C17H17ClO4/c1-19-13-9-11-8-7-10-5-4-6-12(18)14(10)22-15(11)17(21-3)16(13)20-2/h4-6,9H,7-8H2,1-3H3. The van der Waals surface area contributed by atoms with Crippen molar-refractivity contribution in [3.63, 3.8) is 0 Å². The van der Waals surface area contributed by atoms with E-state index in [1.807, 2.05) is 24.3 Å². The van der Waals surface area contributed by atoms with Gasteiger partial charge in [-0.25, -0.2) is 0 Å². The monoisotopic (exact) mass is 320 g/mol. The number of hydrogen-bond donors (Lipinski definition) is 0. The van der Waals surface area contributed by atoms with Crippen LogP contribution < -0.4 is 18.9 Å². The van der Waals surface area contributed by atoms with Gasteiger partial charge < -0.3 is 18.9 Å². The van der Waals surface area contributed by atoms with Gasteiger partial charge in [-0.15, -0.1) is 0 Å². The lowest BCUT2D eigenvalue weighted by Gasteiger charge is -2.18. The summed E-state index contributed by atoms with van der Waals surface area (Å²) < 4.78 is 22.4. The fraction of sp³-hybridized carbons (Fsp3) is 0.294. The second-order valence-corrected chi connectivity index (χ2v) is 5.37. The molecule has 0 N–H and O–H groups in total. The Balaban J connectivity index is 2.21. The van der Waals surface area contributed by atoms with Crippen molar-refractivity contribution in [3.8, 4) is 28.7 Å². The molecule has 0 fully saturated rings. The van der Waals surface area contributed by atoms with E-state index in [-0.39, 0.29) is 0 Å². The summed E-state index contributed by atoms with van der Waals surface area (Å²) in [6.45, 7) is 0. The highest BCUT2D eigenvalue weighted by molar-refractivity contribution is 6.32. The average Bonchev–Trinajstić information content (AvgIpc) is 2.73. The lowest BCUT2D eigenvalue weighted by atomic mass is 10.0. The first kappa shape index (κ1) is 14.9. The Morgan fingerprint density at radius 3 is 2.32 bits per heavy atom. The molecule has 4 nitrogen and oxygen atoms in total. The first-order valence-corrected chi connectivity index (χ1v) is 7.34. The number of para-hydroxylation sites is 1. The van der Waals surface area contributed by atoms with Gasteiger partial charge in [-0.05, 0) is 30.5 Å². The van der Waals surface area contributed by atoms with E-state index in [1.165, 1.54) is 0 Å². The topological polar surface area (TPSA) is 36.9 Å². The summed E-state index contributed by atoms with van der Waals surface area (Å²) >= 11 is 6.29. The fourth-order valence-corrected chi connectivity index (χ4v) is 2.95. The molecule has 2 aromatic carbocycles. The number of halogens is 1. The molecule has 116 valence electrons. The van der Waals surface area contributed by atoms with Crippen molar-refractivity contribution in [2.45, 2.75) is 12.8 Å². The maximum atomic E-state index is 6.29. The van der Waals surface area contributed by atoms with E-state index in [0.29, 0.717) is 33.8 Å². The Morgan fingerprint density at radius 2 is 1.64 bits per heavy atom. The van der Waals surface area contributed by atoms with Crippen LogP contribution >= 0.6 is 11.6 Å². The van der Waals surface area contributed by atoms with Crippen LogP contribution in [0, 0.1) is 0 Å². The molecule has 0 radical (unpaired) electrons. The molecule has 5 heteroatoms. The lowest BCUT2D eigenvalue weighted by Crippen LogP contribution is -2.00. The van der Waals surface area contributed by atoms with E-state index in [1.54, 1.807) is 21.3 Å². The van der Waals surface area contributed by atoms with Crippen LogP contribution in [0.4, 0.5) is 0 Å². The fourth-order valence-electron chi connectivity index (χ4n) is 2.71. The normalized spacial score (nSPS) is 12.5. The van der Waals surface area contributed by atoms with Gasteiger partial charge in [0.25, 0.3) is 0 Å². The van der Waals surface area contributed by atoms with Gasteiger partial charge in [-0.1, -0.05) is 23.7 Å². The quantitative estimate of drug-likeness (QED) is 0.847. The zero-order valence-electron chi connectivity index (χ0n) is 12.7. The number of aryl methyl sites for hydroxylation is 2. The Kier molecular flexibility index (Phi) is 4.03. The number of rotatable bonds is 3. The molecule has 2 aromatic rings. The SMILES string of the molecule is COc1cc2c(c(OC)c1OC)Oc1c(Cl)cccc1CC2. The van der Waals surface area contributed by atoms with E-state index >= 15 is 0 Å². The molecule has 0 spiro atoms. The Hall–Kier alpha value is -2.07. The second kappa shape index (κ2) is 5.97. The maximum Gasteiger partial charge on any atom is 0.208 e. The summed E-state index contributed by atoms with van der Waals surface area (Å²) in [5, 5.41) is 0.585. The molecule has 0 bridgehead atoms. The third kappa shape index (κ3) is 2.33. The molecular weight excluding hydrogens is 304 g/mol. The minimum absolute atomic E-state index is 0.513. The third-order valence-electron chi connectivity index (χ3n) is 3.78. The zero-order valence-corrected chi connectivity index (χ0v) is 13.5. The van der Waals surface area contributed by atoms with Crippen LogP contribution in [0.3, 0.4) is 0 Å². The summed E-state index contributed by atoms with van der Waals surface area (Å²) in [5.41, 5.74) is 2.07. The van der Waals surface area contributed by atoms with E-state index in [9.17, 15) is 0 Å². The molecule has 0 aromatic heterocycles. The minimum atomic E-state index is 0.513. The van der Waals surface area contributed by atoms with Crippen LogP contribution in [0.1, 0.15) is 11.1 Å². The predicted molar refractivity (Wildman–Crippen MR) is 85.0 cm³/mol. The summed E-state index contributed by atoms with van der Waals surface area (Å²) in [7, 11) is 4.76. The van der Waals surface area contributed by atoms with Crippen LogP contribution in [0.2, 0.25) is 5.02 Å². The highest BCUT2D eigenvalue weighted by Crippen LogP contribution is 2.50. The molecule has 1 aliphatic rings. The van der Waals surface area contributed by atoms with Gasteiger partial charge >= 0.3 is 0 Å². The number of ether oxygens (including phenoxy) is 4. The predicted octanol–water partition coefficient (Wildman–Crippen LogP) is 4.26. The van der Waals surface area contributed by atoms with Gasteiger partial charge in [0.05, 0.1) is 26.4 Å². The third-order valence-corrected chi connectivity index (χ3v) is 4.08. The molecule has 0 amide bonds. The van der Waals surface area contributed by atoms with E-state index in [2.05, 4.69) is 0 Å². The van der Waals surface area contributed by atoms with Gasteiger partial charge in [0.15, 0.2) is 11.5 Å². The van der Waals surface area contributed by atoms with Gasteiger partial charge in [0, 0.05) is 5.56 Å². The van der Waals surface area contributed by atoms with E-state index < -0.39 is 0 Å². The van der Waals surface area contributed by atoms with Crippen molar-refractivity contribution in [2.75, 3.05) is 21.3 Å². The average molecular weight is 321 g/mol. The van der Waals surface area contributed by atoms with Crippen LogP contribution in [-0.4, -0.2) is 21.3 Å². The van der Waals surface area contributed by atoms with Crippen molar-refractivity contribution in [2.24, 2.45) is 0 Å². The van der Waals surface area contributed by atoms with Crippen LogP contribution in [0.5, 0.6) is 28.7 Å². The minimum Gasteiger partial charge on any atom is -0.493 e. The number of benzene rings is 2. The van der Waals surface area contributed by atoms with Crippen molar-refractivity contribution < 1.29 is 18.9 Å². The summed E-state index contributed by atoms with van der Waals surface area (Å²) in [6.07, 6.45) is 1.64. The lowest BCUT2D eigenvalue weighted by molar-refractivity contribution is 0.312. The summed E-state index contributed by atoms with van der Waals surface area (Å²) in [6, 6.07) is 7.70. The van der Waals surface area contributed by atoms with E-state index in [4.69, 9.17) is 30.5 Å². The molecule has 0 unspecified atom stereocenters. The van der Waals surface area contributed by atoms with Crippen molar-refractivity contribution in [1.82, 2.24) is 0 Å². The molecule has 0 atom stereocenters. The molecular formula is C17H17ClO4. The molecule has 0 aliphatic carbocycles. The van der Waals surface area contributed by atoms with Gasteiger partial charge in [0.1, 0.15) is 5.75 Å². The van der Waals surface area contributed by atoms with Gasteiger partial charge in [-0.3, -0.25) is 0 Å². The summed E-state index contributed by atoms with van der Waals surface area (Å²) in [4.78, 5) is 0. The highest BCUT2D eigenvalue weighted by atomic mass is 35.5. The first-order chi connectivity index (χ1) is 10.7. The molecule has 22 heavy (non-hydrogen) atoms. The van der Waals surface area contributed by atoms with Crippen molar-refractivity contribution in [1.29, 1.82) is 0 Å². The Morgan fingerprint density at radius 1 is 0.909 bits per heavy atom. The number of fused-ring (bicyclic) bond motifs is 2. The largest absolute Gasteiger partial charge is 0.493 e. The molecule has 1 heterocycles. The van der Waals surface area contributed by atoms with Crippen molar-refractivity contribution >= 4 is 11.6 Å². The molecule has 0 saturated carbocycles. The zero-order chi connectivity index (χ0) is 15.7. The maximum absolute atomic E-state index is 6.29. The molecule has 3 rings (SSSR count). The Labute approximate surface area is 134 Å². The number of hydrogen-bond acceptors (Lipinski definition) is 4. The highest BCUT2D eigenvalue weighted by Gasteiger charge is 2.26. The van der Waals surface area contributed by atoms with Crippen molar-refractivity contribution in [3.05, 3.63) is 40.4 Å². The van der Waals surface area contributed by atoms with Crippen LogP contribution in [0.15, 0.2) is 24.3 Å². The Bertz CT molecular complexity index is 712. The summed E-state index contributed by atoms with van der Waals surface area (Å²) in [5.74, 6) is 2.96.